The third kappa shape index (κ3) is 2.09. The molecular formula is C8H7NO2S. The third-order valence-corrected chi connectivity index (χ3v) is 2.12. The Bertz CT molecular complexity index is 345. The van der Waals surface area contributed by atoms with E-state index in [4.69, 9.17) is 10.8 Å². The zero-order valence-corrected chi connectivity index (χ0v) is 7.02. The highest BCUT2D eigenvalue weighted by molar-refractivity contribution is 7.10. The maximum atomic E-state index is 10.3. The zero-order valence-electron chi connectivity index (χ0n) is 6.20. The Labute approximate surface area is 73.8 Å². The molecule has 1 aromatic rings. The first kappa shape index (κ1) is 8.78. The van der Waals surface area contributed by atoms with Gasteiger partial charge in [0, 0.05) is 16.4 Å². The van der Waals surface area contributed by atoms with E-state index in [0.29, 0.717) is 5.56 Å². The number of carbonyl (C=O) groups excluding carboxylic acids is 1. The second-order valence-electron chi connectivity index (χ2n) is 2.03. The molecule has 0 fully saturated rings. The molecule has 1 aromatic heterocycles. The number of aliphatic hydroxyl groups is 1. The van der Waals surface area contributed by atoms with Crippen molar-refractivity contribution < 1.29 is 9.90 Å². The van der Waals surface area contributed by atoms with E-state index in [2.05, 4.69) is 11.8 Å². The fourth-order valence-electron chi connectivity index (χ4n) is 0.703. The van der Waals surface area contributed by atoms with E-state index in [1.807, 2.05) is 0 Å². The molecule has 0 spiro atoms. The van der Waals surface area contributed by atoms with Gasteiger partial charge in [-0.05, 0) is 11.4 Å². The summed E-state index contributed by atoms with van der Waals surface area (Å²) < 4.78 is 0. The van der Waals surface area contributed by atoms with Gasteiger partial charge in [0.25, 0.3) is 5.91 Å². The van der Waals surface area contributed by atoms with E-state index in [9.17, 15) is 4.79 Å². The molecule has 62 valence electrons. The third-order valence-electron chi connectivity index (χ3n) is 1.21. The van der Waals surface area contributed by atoms with Crippen LogP contribution in [0, 0.1) is 11.8 Å². The molecule has 3 nitrogen and oxygen atoms in total. The van der Waals surface area contributed by atoms with Crippen molar-refractivity contribution in [2.75, 3.05) is 0 Å². The molecule has 0 atom stereocenters. The standard InChI is InChI=1S/C8H7NO2S/c9-8(11)2-1-6-3-4-12-7(6)5-10/h3-4,10H,5H2,(H2,9,11). The highest BCUT2D eigenvalue weighted by atomic mass is 32.1. The minimum atomic E-state index is -0.662. The van der Waals surface area contributed by atoms with Crippen LogP contribution in [0.15, 0.2) is 11.4 Å². The Morgan fingerprint density at radius 2 is 2.50 bits per heavy atom. The summed E-state index contributed by atoms with van der Waals surface area (Å²) in [5.74, 6) is 4.11. The van der Waals surface area contributed by atoms with Crippen molar-refractivity contribution in [2.24, 2.45) is 5.73 Å². The van der Waals surface area contributed by atoms with Crippen molar-refractivity contribution >= 4 is 17.2 Å². The van der Waals surface area contributed by atoms with Crippen LogP contribution in [0.2, 0.25) is 0 Å². The molecule has 1 heterocycles. The summed E-state index contributed by atoms with van der Waals surface area (Å²) >= 11 is 1.40. The van der Waals surface area contributed by atoms with Crippen LogP contribution in [0.1, 0.15) is 10.4 Å². The molecule has 0 saturated heterocycles. The van der Waals surface area contributed by atoms with E-state index in [-0.39, 0.29) is 6.61 Å². The van der Waals surface area contributed by atoms with Crippen molar-refractivity contribution in [3.8, 4) is 11.8 Å². The Balaban J connectivity index is 2.90. The monoisotopic (exact) mass is 181 g/mol. The van der Waals surface area contributed by atoms with Crippen LogP contribution in [0.4, 0.5) is 0 Å². The molecule has 1 rings (SSSR count). The SMILES string of the molecule is NC(=O)C#Cc1ccsc1CO. The smallest absolute Gasteiger partial charge is 0.293 e. The lowest BCUT2D eigenvalue weighted by Gasteiger charge is -1.87. The van der Waals surface area contributed by atoms with Crippen molar-refractivity contribution in [2.45, 2.75) is 6.61 Å². The van der Waals surface area contributed by atoms with Crippen LogP contribution < -0.4 is 5.73 Å². The first-order valence-corrected chi connectivity index (χ1v) is 4.10. The summed E-state index contributed by atoms with van der Waals surface area (Å²) in [6.45, 7) is -0.0551. The molecule has 12 heavy (non-hydrogen) atoms. The molecule has 4 heteroatoms. The van der Waals surface area contributed by atoms with Crippen LogP contribution in [0.5, 0.6) is 0 Å². The molecule has 0 aliphatic rings. The fraction of sp³-hybridized carbons (Fsp3) is 0.125. The van der Waals surface area contributed by atoms with E-state index in [0.717, 1.165) is 4.88 Å². The summed E-state index contributed by atoms with van der Waals surface area (Å²) in [5, 5.41) is 10.6. The lowest BCUT2D eigenvalue weighted by atomic mass is 10.2. The van der Waals surface area contributed by atoms with Gasteiger partial charge >= 0.3 is 0 Å². The van der Waals surface area contributed by atoms with Crippen LogP contribution in [-0.2, 0) is 11.4 Å². The molecule has 1 amide bonds. The predicted molar refractivity (Wildman–Crippen MR) is 46.3 cm³/mol. The molecule has 0 unspecified atom stereocenters. The summed E-state index contributed by atoms with van der Waals surface area (Å²) in [6, 6.07) is 1.74. The van der Waals surface area contributed by atoms with Gasteiger partial charge in [0.05, 0.1) is 6.61 Å². The average molecular weight is 181 g/mol. The van der Waals surface area contributed by atoms with Crippen LogP contribution >= 0.6 is 11.3 Å². The fourth-order valence-corrected chi connectivity index (χ4v) is 1.39. The van der Waals surface area contributed by atoms with Gasteiger partial charge in [-0.25, -0.2) is 0 Å². The van der Waals surface area contributed by atoms with Crippen molar-refractivity contribution in [3.05, 3.63) is 21.9 Å². The first-order valence-electron chi connectivity index (χ1n) is 3.22. The van der Waals surface area contributed by atoms with E-state index in [1.165, 1.54) is 11.3 Å². The van der Waals surface area contributed by atoms with Gasteiger partial charge < -0.3 is 10.8 Å². The predicted octanol–water partition coefficient (Wildman–Crippen LogP) is 0.0772. The quantitative estimate of drug-likeness (QED) is 0.602. The summed E-state index contributed by atoms with van der Waals surface area (Å²) in [7, 11) is 0. The van der Waals surface area contributed by atoms with E-state index < -0.39 is 5.91 Å². The van der Waals surface area contributed by atoms with E-state index in [1.54, 1.807) is 11.4 Å². The lowest BCUT2D eigenvalue weighted by molar-refractivity contribution is -0.112. The number of amides is 1. The number of rotatable bonds is 1. The second kappa shape index (κ2) is 3.90. The topological polar surface area (TPSA) is 63.3 Å². The number of nitrogens with two attached hydrogens (primary N) is 1. The number of hydrogen-bond donors (Lipinski definition) is 2. The Morgan fingerprint density at radius 1 is 1.75 bits per heavy atom. The summed E-state index contributed by atoms with van der Waals surface area (Å²) in [4.78, 5) is 11.0. The van der Waals surface area contributed by atoms with Crippen molar-refractivity contribution in [3.63, 3.8) is 0 Å². The summed E-state index contributed by atoms with van der Waals surface area (Å²) in [6.07, 6.45) is 0. The van der Waals surface area contributed by atoms with Crippen molar-refractivity contribution in [1.29, 1.82) is 0 Å². The van der Waals surface area contributed by atoms with Gasteiger partial charge in [-0.15, -0.1) is 11.3 Å². The number of carbonyl (C=O) groups is 1. The molecule has 0 radical (unpaired) electrons. The highest BCUT2D eigenvalue weighted by Crippen LogP contribution is 2.14. The molecule has 0 saturated carbocycles. The largest absolute Gasteiger partial charge is 0.391 e. The Hall–Kier alpha value is -1.31. The number of hydrogen-bond acceptors (Lipinski definition) is 3. The molecule has 0 aliphatic carbocycles. The van der Waals surface area contributed by atoms with Gasteiger partial charge in [0.2, 0.25) is 0 Å². The molecular weight excluding hydrogens is 174 g/mol. The van der Waals surface area contributed by atoms with Crippen LogP contribution in [0.25, 0.3) is 0 Å². The zero-order chi connectivity index (χ0) is 8.97. The highest BCUT2D eigenvalue weighted by Gasteiger charge is 1.98. The molecule has 3 N–H and O–H groups in total. The molecule has 0 aliphatic heterocycles. The maximum Gasteiger partial charge on any atom is 0.293 e. The average Bonchev–Trinajstić information content (AvgIpc) is 2.47. The molecule has 0 aromatic carbocycles. The maximum absolute atomic E-state index is 10.3. The normalized spacial score (nSPS) is 8.75. The molecule has 0 bridgehead atoms. The summed E-state index contributed by atoms with van der Waals surface area (Å²) in [5.41, 5.74) is 5.50. The van der Waals surface area contributed by atoms with Gasteiger partial charge in [0.15, 0.2) is 0 Å². The minimum absolute atomic E-state index is 0.0551. The van der Waals surface area contributed by atoms with Crippen LogP contribution in [0.3, 0.4) is 0 Å². The first-order chi connectivity index (χ1) is 5.74. The number of aliphatic hydroxyl groups excluding tert-OH is 1. The van der Waals surface area contributed by atoms with Gasteiger partial charge in [-0.2, -0.15) is 0 Å². The van der Waals surface area contributed by atoms with E-state index >= 15 is 0 Å². The number of thiophene rings is 1. The van der Waals surface area contributed by atoms with Gasteiger partial charge in [-0.1, -0.05) is 5.92 Å². The van der Waals surface area contributed by atoms with Gasteiger partial charge in [0.1, 0.15) is 0 Å². The van der Waals surface area contributed by atoms with Crippen molar-refractivity contribution in [1.82, 2.24) is 0 Å². The Kier molecular flexibility index (Phi) is 2.86. The van der Waals surface area contributed by atoms with Crippen LogP contribution in [-0.4, -0.2) is 11.0 Å². The number of primary amides is 1. The van der Waals surface area contributed by atoms with Gasteiger partial charge in [-0.3, -0.25) is 4.79 Å². The minimum Gasteiger partial charge on any atom is -0.391 e. The lowest BCUT2D eigenvalue weighted by Crippen LogP contribution is -2.06. The Morgan fingerprint density at radius 3 is 3.08 bits per heavy atom. The second-order valence-corrected chi connectivity index (χ2v) is 3.03.